The van der Waals surface area contributed by atoms with Gasteiger partial charge in [0.25, 0.3) is 0 Å². The molecule has 0 N–H and O–H groups in total. The van der Waals surface area contributed by atoms with Crippen LogP contribution in [0.3, 0.4) is 0 Å². The van der Waals surface area contributed by atoms with Crippen molar-refractivity contribution in [3.8, 4) is 11.1 Å². The number of unbranched alkanes of at least 4 members (excludes halogenated alkanes) is 6. The van der Waals surface area contributed by atoms with E-state index in [2.05, 4.69) is 173 Å². The Kier molecular flexibility index (Phi) is 11.8. The summed E-state index contributed by atoms with van der Waals surface area (Å²) in [6.07, 6.45) is 32.9. The summed E-state index contributed by atoms with van der Waals surface area (Å²) in [5, 5.41) is 0. The lowest BCUT2D eigenvalue weighted by molar-refractivity contribution is -0.462. The SMILES string of the molecule is CCCCCCC1(CCCCCC)c2ccccc2-c2ccc(C(=C3C=CC(=[N+](C)C)C=C3)c3ccc(C=C4C=CC(=[N+](C)C)C=C4)cc3)cc21. The summed E-state index contributed by atoms with van der Waals surface area (Å²) in [4.78, 5) is 0. The highest BCUT2D eigenvalue weighted by Crippen LogP contribution is 2.55. The molecule has 0 saturated heterocycles. The largest absolute Gasteiger partial charge is 0.235 e. The van der Waals surface area contributed by atoms with Gasteiger partial charge in [-0.25, -0.2) is 9.15 Å². The summed E-state index contributed by atoms with van der Waals surface area (Å²) in [7, 11) is 8.39. The molecule has 262 valence electrons. The van der Waals surface area contributed by atoms with Crippen LogP contribution < -0.4 is 0 Å². The van der Waals surface area contributed by atoms with Gasteiger partial charge in [-0.1, -0.05) is 126 Å². The highest BCUT2D eigenvalue weighted by molar-refractivity contribution is 6.04. The van der Waals surface area contributed by atoms with E-state index < -0.39 is 0 Å². The molecule has 3 aliphatic rings. The highest BCUT2D eigenvalue weighted by Gasteiger charge is 2.42. The number of allylic oxidation sites excluding steroid dienone is 10. The van der Waals surface area contributed by atoms with Crippen molar-refractivity contribution in [3.05, 3.63) is 154 Å². The van der Waals surface area contributed by atoms with E-state index in [0.29, 0.717) is 0 Å². The summed E-state index contributed by atoms with van der Waals surface area (Å²) in [6, 6.07) is 26.0. The molecule has 0 saturated carbocycles. The third-order valence-electron chi connectivity index (χ3n) is 11.1. The maximum atomic E-state index is 2.59. The lowest BCUT2D eigenvalue weighted by Crippen LogP contribution is -2.25. The van der Waals surface area contributed by atoms with E-state index in [1.165, 1.54) is 120 Å². The number of hydrogen-bond donors (Lipinski definition) is 0. The molecule has 0 aromatic heterocycles. The first-order chi connectivity index (χ1) is 24.8. The minimum absolute atomic E-state index is 0.0598. The first kappa shape index (κ1) is 36.2. The zero-order valence-electron chi connectivity index (χ0n) is 32.0. The van der Waals surface area contributed by atoms with Crippen LogP contribution >= 0.6 is 0 Å². The molecule has 0 radical (unpaired) electrons. The van der Waals surface area contributed by atoms with Crippen molar-refractivity contribution in [1.82, 2.24) is 0 Å². The van der Waals surface area contributed by atoms with Crippen molar-refractivity contribution in [1.29, 1.82) is 0 Å². The van der Waals surface area contributed by atoms with E-state index in [-0.39, 0.29) is 5.41 Å². The predicted octanol–water partition coefficient (Wildman–Crippen LogP) is 11.8. The number of fused-ring (bicyclic) bond motifs is 3. The third kappa shape index (κ3) is 8.01. The number of rotatable bonds is 13. The van der Waals surface area contributed by atoms with E-state index in [1.54, 1.807) is 11.1 Å². The van der Waals surface area contributed by atoms with Gasteiger partial charge in [0.1, 0.15) is 28.2 Å². The van der Waals surface area contributed by atoms with E-state index >= 15 is 0 Å². The average molecular weight is 675 g/mol. The molecule has 0 unspecified atom stereocenters. The van der Waals surface area contributed by atoms with Crippen molar-refractivity contribution in [2.45, 2.75) is 83.5 Å². The molecule has 0 heterocycles. The fourth-order valence-electron chi connectivity index (χ4n) is 8.22. The molecule has 0 fully saturated rings. The van der Waals surface area contributed by atoms with E-state index in [1.807, 2.05) is 0 Å². The van der Waals surface area contributed by atoms with Crippen molar-refractivity contribution in [2.24, 2.45) is 0 Å². The maximum Gasteiger partial charge on any atom is 0.199 e. The molecule has 3 aromatic carbocycles. The molecule has 0 spiro atoms. The summed E-state index contributed by atoms with van der Waals surface area (Å²) < 4.78 is 4.32. The first-order valence-electron chi connectivity index (χ1n) is 19.5. The summed E-state index contributed by atoms with van der Waals surface area (Å²) in [5.41, 5.74) is 16.0. The second kappa shape index (κ2) is 16.6. The molecule has 0 amide bonds. The lowest BCUT2D eigenvalue weighted by Gasteiger charge is -2.33. The monoisotopic (exact) mass is 674 g/mol. The van der Waals surface area contributed by atoms with Crippen molar-refractivity contribution in [3.63, 3.8) is 0 Å². The number of benzene rings is 3. The summed E-state index contributed by atoms with van der Waals surface area (Å²) in [5.74, 6) is 0. The number of nitrogens with zero attached hydrogens (tertiary/aromatic N) is 2. The van der Waals surface area contributed by atoms with Crippen molar-refractivity contribution >= 4 is 23.1 Å². The minimum atomic E-state index is 0.0598. The standard InChI is InChI=1S/C49H58N2/c1-7-9-11-15-33-49(34-16-12-10-8-2)46-18-14-13-17-44(46)45-32-27-41(36-47(45)49)48(40-25-30-43(31-26-40)51(5)6)39-23-19-37(20-24-39)35-38-21-28-42(29-22-38)50(3)4/h13-14,17-32,35-36H,7-12,15-16,33-34H2,1-6H3/q+2. The van der Waals surface area contributed by atoms with Gasteiger partial charge in [0, 0.05) is 29.7 Å². The van der Waals surface area contributed by atoms with Crippen LogP contribution in [0, 0.1) is 0 Å². The third-order valence-corrected chi connectivity index (χ3v) is 11.1. The quantitative estimate of drug-likeness (QED) is 0.126. The average Bonchev–Trinajstić information content (AvgIpc) is 3.42. The fraction of sp³-hybridized carbons (Fsp3) is 0.347. The zero-order chi connectivity index (χ0) is 35.8. The molecule has 2 heteroatoms. The van der Waals surface area contributed by atoms with Gasteiger partial charge in [-0.15, -0.1) is 0 Å². The number of hydrogen-bond acceptors (Lipinski definition) is 0. The maximum absolute atomic E-state index is 2.59. The molecule has 0 aliphatic heterocycles. The topological polar surface area (TPSA) is 6.02 Å². The van der Waals surface area contributed by atoms with Crippen molar-refractivity contribution in [2.75, 3.05) is 28.2 Å². The molecule has 51 heavy (non-hydrogen) atoms. The first-order valence-corrected chi connectivity index (χ1v) is 19.5. The lowest BCUT2D eigenvalue weighted by atomic mass is 9.70. The van der Waals surface area contributed by atoms with E-state index in [9.17, 15) is 0 Å². The molecule has 0 atom stereocenters. The van der Waals surface area contributed by atoms with E-state index in [4.69, 9.17) is 0 Å². The molecular formula is C49H58N2+2. The van der Waals surface area contributed by atoms with Crippen molar-refractivity contribution < 1.29 is 9.15 Å². The van der Waals surface area contributed by atoms with E-state index in [0.717, 1.165) is 0 Å². The molecular weight excluding hydrogens is 617 g/mol. The molecule has 3 aliphatic carbocycles. The zero-order valence-corrected chi connectivity index (χ0v) is 32.0. The van der Waals surface area contributed by atoms with Crippen LogP contribution in [-0.4, -0.2) is 48.8 Å². The van der Waals surface area contributed by atoms with Crippen LogP contribution in [0.15, 0.2) is 126 Å². The van der Waals surface area contributed by atoms with Gasteiger partial charge in [-0.05, 0) is 105 Å². The Morgan fingerprint density at radius 1 is 0.549 bits per heavy atom. The second-order valence-electron chi connectivity index (χ2n) is 15.1. The normalized spacial score (nSPS) is 15.3. The van der Waals surface area contributed by atoms with Gasteiger partial charge in [-0.2, -0.15) is 0 Å². The molecule has 6 rings (SSSR count). The second-order valence-corrected chi connectivity index (χ2v) is 15.1. The highest BCUT2D eigenvalue weighted by atomic mass is 14.9. The molecule has 2 nitrogen and oxygen atoms in total. The Balaban J connectivity index is 1.45. The Labute approximate surface area is 308 Å². The smallest absolute Gasteiger partial charge is 0.199 e. The van der Waals surface area contributed by atoms with Crippen LogP contribution in [0.2, 0.25) is 0 Å². The molecule has 3 aromatic rings. The Morgan fingerprint density at radius 2 is 1.10 bits per heavy atom. The van der Waals surface area contributed by atoms with Gasteiger partial charge in [0.15, 0.2) is 11.4 Å². The van der Waals surface area contributed by atoms with Crippen LogP contribution in [0.5, 0.6) is 0 Å². The summed E-state index contributed by atoms with van der Waals surface area (Å²) >= 11 is 0. The van der Waals surface area contributed by atoms with Crippen LogP contribution in [0.1, 0.15) is 106 Å². The summed E-state index contributed by atoms with van der Waals surface area (Å²) in [6.45, 7) is 4.64. The minimum Gasteiger partial charge on any atom is -0.235 e. The predicted molar refractivity (Wildman–Crippen MR) is 221 cm³/mol. The van der Waals surface area contributed by atoms with Crippen LogP contribution in [-0.2, 0) is 5.41 Å². The Bertz CT molecular complexity index is 1930. The van der Waals surface area contributed by atoms with Gasteiger partial charge >= 0.3 is 0 Å². The van der Waals surface area contributed by atoms with Gasteiger partial charge < -0.3 is 0 Å². The van der Waals surface area contributed by atoms with Crippen LogP contribution in [0.4, 0.5) is 0 Å². The fourth-order valence-corrected chi connectivity index (χ4v) is 8.22. The van der Waals surface area contributed by atoms with Crippen LogP contribution in [0.25, 0.3) is 22.8 Å². The Hall–Kier alpha value is -4.56. The Morgan fingerprint density at radius 3 is 1.69 bits per heavy atom. The molecule has 0 bridgehead atoms. The van der Waals surface area contributed by atoms with Gasteiger partial charge in [0.05, 0.1) is 0 Å². The van der Waals surface area contributed by atoms with Gasteiger partial charge in [-0.3, -0.25) is 0 Å². The van der Waals surface area contributed by atoms with Gasteiger partial charge in [0.2, 0.25) is 0 Å².